The normalized spacial score (nSPS) is 19.9. The third-order valence-electron chi connectivity index (χ3n) is 9.14. The molecule has 51 heavy (non-hydrogen) atoms. The number of anilines is 2. The number of hydrogen-bond acceptors (Lipinski definition) is 8. The number of benzene rings is 3. The zero-order valence-corrected chi connectivity index (χ0v) is 30.6. The van der Waals surface area contributed by atoms with Crippen molar-refractivity contribution in [3.63, 3.8) is 0 Å². The number of aromatic nitrogens is 2. The molecule has 13 nitrogen and oxygen atoms in total. The number of aliphatic hydroxyl groups excluding tert-OH is 1. The van der Waals surface area contributed by atoms with Crippen LogP contribution in [0.5, 0.6) is 5.75 Å². The van der Waals surface area contributed by atoms with E-state index in [1.54, 1.807) is 41.6 Å². The van der Waals surface area contributed by atoms with E-state index in [1.165, 1.54) is 23.9 Å². The smallest absolute Gasteiger partial charge is 0.323 e. The van der Waals surface area contributed by atoms with Crippen molar-refractivity contribution in [1.82, 2.24) is 18.8 Å². The molecule has 1 aliphatic rings. The molecule has 0 saturated carbocycles. The fraction of sp³-hybridized carbons (Fsp3) is 0.432. The maximum Gasteiger partial charge on any atom is 0.323 e. The second kappa shape index (κ2) is 16.7. The number of aliphatic hydroxyl groups is 1. The Balaban J connectivity index is 1.41. The molecule has 0 fully saturated rings. The van der Waals surface area contributed by atoms with Crippen LogP contribution in [-0.2, 0) is 21.8 Å². The number of amides is 3. The van der Waals surface area contributed by atoms with Crippen LogP contribution in [0.1, 0.15) is 50.4 Å². The van der Waals surface area contributed by atoms with Crippen LogP contribution in [0.15, 0.2) is 78.2 Å². The Bertz CT molecular complexity index is 1930. The minimum atomic E-state index is -3.90. The van der Waals surface area contributed by atoms with E-state index in [9.17, 15) is 23.1 Å². The van der Waals surface area contributed by atoms with Crippen LogP contribution in [0.25, 0.3) is 10.8 Å². The van der Waals surface area contributed by atoms with Crippen LogP contribution in [0.4, 0.5) is 16.2 Å². The SMILES string of the molecule is C[C@@H]1CCCCO[C@H](CN(C)S(=O)(=O)c2cn(C)cn2)[C@@H](C)CN([C@@H](C)CO)C(=O)c2cc(NC(=O)Nc3cccc4ccccc34)ccc2O1. The highest BCUT2D eigenvalue weighted by Crippen LogP contribution is 2.29. The van der Waals surface area contributed by atoms with Crippen LogP contribution in [0.2, 0.25) is 0 Å². The third kappa shape index (κ3) is 9.25. The Labute approximate surface area is 299 Å². The first-order valence-corrected chi connectivity index (χ1v) is 18.7. The molecule has 3 aromatic carbocycles. The predicted octanol–water partition coefficient (Wildman–Crippen LogP) is 5.33. The summed E-state index contributed by atoms with van der Waals surface area (Å²) < 4.78 is 42.1. The molecule has 5 rings (SSSR count). The van der Waals surface area contributed by atoms with Crippen molar-refractivity contribution in [2.24, 2.45) is 13.0 Å². The van der Waals surface area contributed by atoms with Gasteiger partial charge in [-0.3, -0.25) is 4.79 Å². The van der Waals surface area contributed by atoms with E-state index in [4.69, 9.17) is 9.47 Å². The Hall–Kier alpha value is -4.50. The average Bonchev–Trinajstić information content (AvgIpc) is 3.56. The summed E-state index contributed by atoms with van der Waals surface area (Å²) in [5.74, 6) is -0.390. The number of imidazole rings is 1. The quantitative estimate of drug-likeness (QED) is 0.221. The molecule has 4 aromatic rings. The number of sulfonamides is 1. The second-order valence-corrected chi connectivity index (χ2v) is 15.3. The number of carbonyl (C=O) groups is 2. The number of hydrogen-bond donors (Lipinski definition) is 3. The van der Waals surface area contributed by atoms with Gasteiger partial charge in [-0.05, 0) is 62.8 Å². The van der Waals surface area contributed by atoms with Crippen molar-refractivity contribution < 1.29 is 32.6 Å². The Morgan fingerprint density at radius 2 is 1.86 bits per heavy atom. The largest absolute Gasteiger partial charge is 0.490 e. The molecule has 1 aliphatic heterocycles. The van der Waals surface area contributed by atoms with Crippen LogP contribution in [0.3, 0.4) is 0 Å². The molecule has 0 radical (unpaired) electrons. The molecular formula is C37H48N6O7S. The van der Waals surface area contributed by atoms with Crippen LogP contribution in [0, 0.1) is 5.92 Å². The van der Waals surface area contributed by atoms with E-state index in [2.05, 4.69) is 15.6 Å². The van der Waals surface area contributed by atoms with Gasteiger partial charge in [-0.1, -0.05) is 43.3 Å². The molecule has 4 atom stereocenters. The second-order valence-electron chi connectivity index (χ2n) is 13.3. The molecule has 3 N–H and O–H groups in total. The van der Waals surface area contributed by atoms with Crippen molar-refractivity contribution in [2.75, 3.05) is 44.0 Å². The van der Waals surface area contributed by atoms with Gasteiger partial charge >= 0.3 is 6.03 Å². The topological polar surface area (TPSA) is 155 Å². The maximum absolute atomic E-state index is 14.5. The summed E-state index contributed by atoms with van der Waals surface area (Å²) in [5.41, 5.74) is 1.25. The first-order valence-electron chi connectivity index (χ1n) is 17.2. The molecule has 0 saturated heterocycles. The average molecular weight is 721 g/mol. The van der Waals surface area contributed by atoms with Crippen molar-refractivity contribution in [1.29, 1.82) is 0 Å². The molecular weight excluding hydrogens is 673 g/mol. The van der Waals surface area contributed by atoms with E-state index >= 15 is 0 Å². The number of nitrogens with zero attached hydrogens (tertiary/aromatic N) is 4. The van der Waals surface area contributed by atoms with Gasteiger partial charge in [0.1, 0.15) is 5.75 Å². The lowest BCUT2D eigenvalue weighted by atomic mass is 10.0. The van der Waals surface area contributed by atoms with Gasteiger partial charge in [-0.25, -0.2) is 18.2 Å². The molecule has 0 spiro atoms. The molecule has 14 heteroatoms. The summed E-state index contributed by atoms with van der Waals surface area (Å²) in [7, 11) is -0.703. The zero-order chi connectivity index (χ0) is 36.7. The highest BCUT2D eigenvalue weighted by molar-refractivity contribution is 7.89. The van der Waals surface area contributed by atoms with Gasteiger partial charge in [0, 0.05) is 57.0 Å². The maximum atomic E-state index is 14.5. The van der Waals surface area contributed by atoms with Gasteiger partial charge in [0.25, 0.3) is 15.9 Å². The van der Waals surface area contributed by atoms with E-state index in [0.717, 1.165) is 23.6 Å². The van der Waals surface area contributed by atoms with Crippen molar-refractivity contribution in [3.8, 4) is 5.75 Å². The molecule has 0 unspecified atom stereocenters. The molecule has 274 valence electrons. The zero-order valence-electron chi connectivity index (χ0n) is 29.8. The Morgan fingerprint density at radius 1 is 1.10 bits per heavy atom. The van der Waals surface area contributed by atoms with Gasteiger partial charge in [0.15, 0.2) is 5.03 Å². The van der Waals surface area contributed by atoms with Gasteiger partial charge in [-0.2, -0.15) is 4.31 Å². The number of ether oxygens (including phenoxy) is 2. The lowest BCUT2D eigenvalue weighted by Crippen LogP contribution is -2.48. The highest BCUT2D eigenvalue weighted by Gasteiger charge is 2.33. The summed E-state index contributed by atoms with van der Waals surface area (Å²) in [6, 6.07) is 17.3. The van der Waals surface area contributed by atoms with Crippen LogP contribution < -0.4 is 15.4 Å². The standard InChI is InChI=1S/C37H48N6O7S/c1-25-20-43(26(2)23-44)36(45)31-19-29(39-37(46)40-32-15-10-13-28-12-6-7-14-30(28)32)16-17-33(31)50-27(3)11-8-9-18-49-34(25)21-42(5)51(47,48)35-22-41(4)24-38-35/h6-7,10,12-17,19,22,24-27,34,44H,8-9,11,18,20-21,23H2,1-5H3,(H2,39,40,46)/t25-,26-,27+,34+/m0/s1. The minimum absolute atomic E-state index is 0.0333. The fourth-order valence-corrected chi connectivity index (χ4v) is 7.26. The highest BCUT2D eigenvalue weighted by atomic mass is 32.2. The monoisotopic (exact) mass is 720 g/mol. The van der Waals surface area contributed by atoms with E-state index in [0.29, 0.717) is 30.2 Å². The number of urea groups is 1. The molecule has 0 bridgehead atoms. The lowest BCUT2D eigenvalue weighted by molar-refractivity contribution is -0.00835. The van der Waals surface area contributed by atoms with E-state index in [-0.39, 0.29) is 42.3 Å². The molecule has 0 aliphatic carbocycles. The predicted molar refractivity (Wildman–Crippen MR) is 196 cm³/mol. The van der Waals surface area contributed by atoms with Crippen molar-refractivity contribution in [2.45, 2.75) is 63.3 Å². The summed E-state index contributed by atoms with van der Waals surface area (Å²) in [6.45, 7) is 5.84. The first-order chi connectivity index (χ1) is 24.4. The first kappa shape index (κ1) is 37.7. The molecule has 2 heterocycles. The molecule has 1 aromatic heterocycles. The number of aryl methyl sites for hydroxylation is 1. The number of fused-ring (bicyclic) bond motifs is 2. The third-order valence-corrected chi connectivity index (χ3v) is 10.8. The van der Waals surface area contributed by atoms with Gasteiger partial charge in [0.05, 0.1) is 42.4 Å². The minimum Gasteiger partial charge on any atom is -0.490 e. The summed E-state index contributed by atoms with van der Waals surface area (Å²) >= 11 is 0. The fourth-order valence-electron chi connectivity index (χ4n) is 6.12. The van der Waals surface area contributed by atoms with E-state index < -0.39 is 34.1 Å². The van der Waals surface area contributed by atoms with Crippen molar-refractivity contribution in [3.05, 3.63) is 78.8 Å². The van der Waals surface area contributed by atoms with Gasteiger partial charge < -0.3 is 34.7 Å². The van der Waals surface area contributed by atoms with Gasteiger partial charge in [-0.15, -0.1) is 0 Å². The Morgan fingerprint density at radius 3 is 2.61 bits per heavy atom. The van der Waals surface area contributed by atoms with Crippen LogP contribution >= 0.6 is 0 Å². The van der Waals surface area contributed by atoms with Crippen molar-refractivity contribution >= 4 is 44.1 Å². The summed E-state index contributed by atoms with van der Waals surface area (Å²) in [4.78, 5) is 33.2. The number of carbonyl (C=O) groups excluding carboxylic acids is 2. The number of likely N-dealkylation sites (N-methyl/N-ethyl adjacent to an activating group) is 1. The molecule has 3 amide bonds. The lowest BCUT2D eigenvalue weighted by Gasteiger charge is -2.35. The van der Waals surface area contributed by atoms with Crippen LogP contribution in [-0.4, -0.2) is 95.8 Å². The van der Waals surface area contributed by atoms with E-state index in [1.807, 2.05) is 56.3 Å². The Kier molecular flexibility index (Phi) is 12.3. The summed E-state index contributed by atoms with van der Waals surface area (Å²) in [6.07, 6.45) is 4.28. The number of nitrogens with one attached hydrogen (secondary N) is 2. The number of rotatable bonds is 8. The summed E-state index contributed by atoms with van der Waals surface area (Å²) in [5, 5.41) is 17.8. The van der Waals surface area contributed by atoms with Gasteiger partial charge in [0.2, 0.25) is 0 Å².